The summed E-state index contributed by atoms with van der Waals surface area (Å²) in [5.41, 5.74) is 0.622. The Hall–Kier alpha value is -3.61. The molecule has 2 heterocycles. The third-order valence-corrected chi connectivity index (χ3v) is 4.83. The van der Waals surface area contributed by atoms with Crippen molar-refractivity contribution >= 4 is 5.91 Å². The summed E-state index contributed by atoms with van der Waals surface area (Å²) in [7, 11) is 1.53. The lowest BCUT2D eigenvalue weighted by Crippen LogP contribution is -2.44. The molecule has 1 amide bonds. The quantitative estimate of drug-likeness (QED) is 0.618. The van der Waals surface area contributed by atoms with Gasteiger partial charge in [0.05, 0.1) is 26.0 Å². The minimum absolute atomic E-state index is 0.0220. The van der Waals surface area contributed by atoms with Crippen LogP contribution in [0, 0.1) is 0 Å². The van der Waals surface area contributed by atoms with E-state index in [-0.39, 0.29) is 12.0 Å². The summed E-state index contributed by atoms with van der Waals surface area (Å²) in [5, 5.41) is 0. The van der Waals surface area contributed by atoms with E-state index in [9.17, 15) is 4.79 Å². The topological polar surface area (TPSA) is 73.8 Å². The van der Waals surface area contributed by atoms with Gasteiger partial charge in [0.25, 0.3) is 5.91 Å². The van der Waals surface area contributed by atoms with E-state index in [1.807, 2.05) is 47.4 Å². The van der Waals surface area contributed by atoms with Gasteiger partial charge in [0.2, 0.25) is 11.8 Å². The van der Waals surface area contributed by atoms with Crippen molar-refractivity contribution in [1.82, 2.24) is 14.9 Å². The zero-order chi connectivity index (χ0) is 20.8. The van der Waals surface area contributed by atoms with Crippen LogP contribution in [-0.2, 0) is 0 Å². The summed E-state index contributed by atoms with van der Waals surface area (Å²) in [5.74, 6) is 2.22. The summed E-state index contributed by atoms with van der Waals surface area (Å²) in [6, 6.07) is 16.7. The molecule has 1 saturated heterocycles. The zero-order valence-corrected chi connectivity index (χ0v) is 16.7. The standard InChI is InChI=1S/C23H23N3O4/c1-28-21-14-24-15-22(25-21)30-20-8-5-13-26(16-20)23(27)17-9-11-19(12-10-17)29-18-6-3-2-4-7-18/h2-4,6-7,9-12,14-15,20H,5,8,13,16H2,1H3. The van der Waals surface area contributed by atoms with Gasteiger partial charge in [-0.1, -0.05) is 18.2 Å². The van der Waals surface area contributed by atoms with Crippen LogP contribution in [0.1, 0.15) is 23.2 Å². The number of hydrogen-bond acceptors (Lipinski definition) is 6. The Bertz CT molecular complexity index is 979. The number of aromatic nitrogens is 2. The molecule has 1 atom stereocenters. The van der Waals surface area contributed by atoms with Crippen LogP contribution in [0.2, 0.25) is 0 Å². The maximum Gasteiger partial charge on any atom is 0.253 e. The maximum atomic E-state index is 12.9. The lowest BCUT2D eigenvalue weighted by atomic mass is 10.1. The van der Waals surface area contributed by atoms with Gasteiger partial charge in [-0.3, -0.25) is 9.78 Å². The fourth-order valence-electron chi connectivity index (χ4n) is 3.35. The van der Waals surface area contributed by atoms with Crippen LogP contribution in [0.25, 0.3) is 0 Å². The van der Waals surface area contributed by atoms with E-state index in [1.165, 1.54) is 13.3 Å². The monoisotopic (exact) mass is 405 g/mol. The number of nitrogens with zero attached hydrogens (tertiary/aromatic N) is 3. The number of rotatable bonds is 6. The molecule has 2 aromatic carbocycles. The number of hydrogen-bond donors (Lipinski definition) is 0. The van der Waals surface area contributed by atoms with E-state index < -0.39 is 0 Å². The van der Waals surface area contributed by atoms with E-state index in [0.29, 0.717) is 36.2 Å². The Balaban J connectivity index is 1.37. The van der Waals surface area contributed by atoms with E-state index in [1.54, 1.807) is 18.3 Å². The number of ether oxygens (including phenoxy) is 3. The molecule has 0 aliphatic carbocycles. The molecule has 0 saturated carbocycles. The molecule has 154 valence electrons. The first-order chi connectivity index (χ1) is 14.7. The Morgan fingerprint density at radius 3 is 2.50 bits per heavy atom. The minimum atomic E-state index is -0.134. The molecule has 1 aromatic heterocycles. The van der Waals surface area contributed by atoms with Crippen LogP contribution in [0.15, 0.2) is 67.0 Å². The molecule has 0 radical (unpaired) electrons. The van der Waals surface area contributed by atoms with Gasteiger partial charge < -0.3 is 19.1 Å². The molecule has 3 aromatic rings. The Morgan fingerprint density at radius 2 is 1.73 bits per heavy atom. The molecule has 1 unspecified atom stereocenters. The van der Waals surface area contributed by atoms with Crippen molar-refractivity contribution in [3.8, 4) is 23.3 Å². The lowest BCUT2D eigenvalue weighted by Gasteiger charge is -2.32. The second-order valence-corrected chi connectivity index (χ2v) is 6.97. The molecule has 1 aliphatic rings. The van der Waals surface area contributed by atoms with Crippen molar-refractivity contribution in [2.24, 2.45) is 0 Å². The average molecular weight is 405 g/mol. The van der Waals surface area contributed by atoms with Crippen molar-refractivity contribution in [3.05, 3.63) is 72.6 Å². The number of piperidine rings is 1. The first-order valence-electron chi connectivity index (χ1n) is 9.86. The van der Waals surface area contributed by atoms with Gasteiger partial charge in [-0.25, -0.2) is 0 Å². The van der Waals surface area contributed by atoms with Crippen LogP contribution < -0.4 is 14.2 Å². The number of benzene rings is 2. The fraction of sp³-hybridized carbons (Fsp3) is 0.261. The fourth-order valence-corrected chi connectivity index (χ4v) is 3.35. The van der Waals surface area contributed by atoms with Crippen molar-refractivity contribution in [2.75, 3.05) is 20.2 Å². The normalized spacial score (nSPS) is 16.0. The maximum absolute atomic E-state index is 12.9. The molecule has 7 nitrogen and oxygen atoms in total. The highest BCUT2D eigenvalue weighted by atomic mass is 16.5. The Labute approximate surface area is 175 Å². The number of likely N-dealkylation sites (tertiary alicyclic amines) is 1. The average Bonchev–Trinajstić information content (AvgIpc) is 2.80. The summed E-state index contributed by atoms with van der Waals surface area (Å²) in [6.07, 6.45) is 4.66. The molecule has 0 bridgehead atoms. The zero-order valence-electron chi connectivity index (χ0n) is 16.7. The predicted octanol–water partition coefficient (Wildman–Crippen LogP) is 3.96. The molecular weight excluding hydrogens is 382 g/mol. The van der Waals surface area contributed by atoms with Crippen molar-refractivity contribution in [1.29, 1.82) is 0 Å². The van der Waals surface area contributed by atoms with Gasteiger partial charge >= 0.3 is 0 Å². The molecule has 0 spiro atoms. The highest BCUT2D eigenvalue weighted by molar-refractivity contribution is 5.94. The molecule has 1 aliphatic heterocycles. The van der Waals surface area contributed by atoms with Crippen LogP contribution in [-0.4, -0.2) is 47.1 Å². The van der Waals surface area contributed by atoms with Crippen molar-refractivity contribution < 1.29 is 19.0 Å². The van der Waals surface area contributed by atoms with Crippen LogP contribution in [0.5, 0.6) is 23.3 Å². The molecule has 4 rings (SSSR count). The highest BCUT2D eigenvalue weighted by Gasteiger charge is 2.26. The number of amides is 1. The van der Waals surface area contributed by atoms with Gasteiger partial charge in [-0.15, -0.1) is 0 Å². The predicted molar refractivity (Wildman–Crippen MR) is 111 cm³/mol. The number of methoxy groups -OCH3 is 1. The van der Waals surface area contributed by atoms with Gasteiger partial charge in [0, 0.05) is 12.1 Å². The van der Waals surface area contributed by atoms with E-state index in [0.717, 1.165) is 18.6 Å². The lowest BCUT2D eigenvalue weighted by molar-refractivity contribution is 0.0525. The highest BCUT2D eigenvalue weighted by Crippen LogP contribution is 2.23. The summed E-state index contributed by atoms with van der Waals surface area (Å²) in [6.45, 7) is 1.20. The Kier molecular flexibility index (Phi) is 6.08. The third kappa shape index (κ3) is 4.86. The first-order valence-corrected chi connectivity index (χ1v) is 9.86. The minimum Gasteiger partial charge on any atom is -0.480 e. The summed E-state index contributed by atoms with van der Waals surface area (Å²) in [4.78, 5) is 23.1. The SMILES string of the molecule is COc1cncc(OC2CCCN(C(=O)c3ccc(Oc4ccccc4)cc3)C2)n1. The Morgan fingerprint density at radius 1 is 1.00 bits per heavy atom. The molecule has 1 fully saturated rings. The van der Waals surface area contributed by atoms with Gasteiger partial charge in [0.1, 0.15) is 17.6 Å². The molecular formula is C23H23N3O4. The van der Waals surface area contributed by atoms with Crippen LogP contribution >= 0.6 is 0 Å². The van der Waals surface area contributed by atoms with Gasteiger partial charge in [-0.2, -0.15) is 4.98 Å². The largest absolute Gasteiger partial charge is 0.480 e. The summed E-state index contributed by atoms with van der Waals surface area (Å²) < 4.78 is 16.8. The van der Waals surface area contributed by atoms with E-state index in [2.05, 4.69) is 9.97 Å². The number of para-hydroxylation sites is 1. The van der Waals surface area contributed by atoms with Crippen molar-refractivity contribution in [3.63, 3.8) is 0 Å². The van der Waals surface area contributed by atoms with Gasteiger partial charge in [-0.05, 0) is 49.2 Å². The second kappa shape index (κ2) is 9.26. The smallest absolute Gasteiger partial charge is 0.253 e. The van der Waals surface area contributed by atoms with E-state index >= 15 is 0 Å². The van der Waals surface area contributed by atoms with E-state index in [4.69, 9.17) is 14.2 Å². The second-order valence-electron chi connectivity index (χ2n) is 6.97. The molecule has 30 heavy (non-hydrogen) atoms. The van der Waals surface area contributed by atoms with Crippen molar-refractivity contribution in [2.45, 2.75) is 18.9 Å². The van der Waals surface area contributed by atoms with Crippen LogP contribution in [0.3, 0.4) is 0 Å². The molecule has 7 heteroatoms. The third-order valence-electron chi connectivity index (χ3n) is 4.83. The number of carbonyl (C=O) groups is 1. The summed E-state index contributed by atoms with van der Waals surface area (Å²) >= 11 is 0. The van der Waals surface area contributed by atoms with Gasteiger partial charge in [0.15, 0.2) is 0 Å². The first kappa shape index (κ1) is 19.7. The molecule has 0 N–H and O–H groups in total. The number of carbonyl (C=O) groups excluding carboxylic acids is 1. The van der Waals surface area contributed by atoms with Crippen LogP contribution in [0.4, 0.5) is 0 Å².